The third-order valence-corrected chi connectivity index (χ3v) is 4.66. The van der Waals surface area contributed by atoms with Gasteiger partial charge in [0.1, 0.15) is 11.5 Å². The molecule has 0 aliphatic carbocycles. The third-order valence-electron chi connectivity index (χ3n) is 3.65. The number of methoxy groups -OCH3 is 2. The van der Waals surface area contributed by atoms with Crippen LogP contribution in [0.5, 0.6) is 11.5 Å². The number of nitrogens with one attached hydrogen (secondary N) is 1. The highest BCUT2D eigenvalue weighted by molar-refractivity contribution is 7.12. The lowest BCUT2D eigenvalue weighted by Crippen LogP contribution is -2.18. The van der Waals surface area contributed by atoms with E-state index in [4.69, 9.17) is 9.47 Å². The fourth-order valence-corrected chi connectivity index (χ4v) is 3.35. The zero-order valence-electron chi connectivity index (χ0n) is 13.3. The van der Waals surface area contributed by atoms with E-state index in [0.29, 0.717) is 0 Å². The summed E-state index contributed by atoms with van der Waals surface area (Å²) >= 11 is 1.85. The van der Waals surface area contributed by atoms with Crippen LogP contribution in [0.4, 0.5) is 0 Å². The first-order valence-corrected chi connectivity index (χ1v) is 7.88. The van der Waals surface area contributed by atoms with Crippen molar-refractivity contribution in [2.45, 2.75) is 33.4 Å². The molecule has 0 bridgehead atoms. The Bertz CT molecular complexity index is 607. The third kappa shape index (κ3) is 3.77. The number of hydrogen-bond donors (Lipinski definition) is 1. The molecule has 1 aromatic carbocycles. The highest BCUT2D eigenvalue weighted by atomic mass is 32.1. The normalized spacial score (nSPS) is 12.2. The zero-order chi connectivity index (χ0) is 15.4. The largest absolute Gasteiger partial charge is 0.497 e. The van der Waals surface area contributed by atoms with Crippen LogP contribution in [-0.4, -0.2) is 14.2 Å². The first-order chi connectivity index (χ1) is 10.0. The van der Waals surface area contributed by atoms with Crippen molar-refractivity contribution in [3.05, 3.63) is 45.1 Å². The molecule has 114 valence electrons. The summed E-state index contributed by atoms with van der Waals surface area (Å²) in [6, 6.07) is 8.42. The van der Waals surface area contributed by atoms with Gasteiger partial charge in [-0.2, -0.15) is 0 Å². The van der Waals surface area contributed by atoms with Crippen LogP contribution in [0.1, 0.15) is 33.8 Å². The maximum atomic E-state index is 5.47. The van der Waals surface area contributed by atoms with E-state index in [1.807, 2.05) is 23.5 Å². The van der Waals surface area contributed by atoms with Crippen LogP contribution in [-0.2, 0) is 6.54 Å². The maximum Gasteiger partial charge on any atom is 0.127 e. The van der Waals surface area contributed by atoms with Gasteiger partial charge in [-0.3, -0.25) is 0 Å². The minimum absolute atomic E-state index is 0.213. The smallest absolute Gasteiger partial charge is 0.127 e. The van der Waals surface area contributed by atoms with Crippen LogP contribution < -0.4 is 14.8 Å². The van der Waals surface area contributed by atoms with Crippen LogP contribution in [0.15, 0.2) is 24.3 Å². The minimum Gasteiger partial charge on any atom is -0.497 e. The van der Waals surface area contributed by atoms with E-state index in [1.165, 1.54) is 15.3 Å². The zero-order valence-corrected chi connectivity index (χ0v) is 14.1. The molecule has 1 aromatic heterocycles. The molecule has 3 nitrogen and oxygen atoms in total. The van der Waals surface area contributed by atoms with Gasteiger partial charge in [-0.25, -0.2) is 0 Å². The van der Waals surface area contributed by atoms with Crippen molar-refractivity contribution in [2.24, 2.45) is 0 Å². The van der Waals surface area contributed by atoms with Crippen molar-refractivity contribution in [3.8, 4) is 11.5 Å². The van der Waals surface area contributed by atoms with Crippen LogP contribution in [0.3, 0.4) is 0 Å². The Balaban J connectivity index is 2.09. The molecule has 1 heterocycles. The summed E-state index contributed by atoms with van der Waals surface area (Å²) in [5, 5.41) is 3.57. The van der Waals surface area contributed by atoms with E-state index < -0.39 is 0 Å². The van der Waals surface area contributed by atoms with Crippen molar-refractivity contribution in [3.63, 3.8) is 0 Å². The lowest BCUT2D eigenvalue weighted by atomic mass is 10.1. The fraction of sp³-hybridized carbons (Fsp3) is 0.412. The second kappa shape index (κ2) is 6.96. The van der Waals surface area contributed by atoms with Crippen LogP contribution in [0, 0.1) is 13.8 Å². The van der Waals surface area contributed by atoms with Gasteiger partial charge in [-0.05, 0) is 38.5 Å². The summed E-state index contributed by atoms with van der Waals surface area (Å²) in [6.07, 6.45) is 0. The summed E-state index contributed by atoms with van der Waals surface area (Å²) in [6.45, 7) is 7.34. The van der Waals surface area contributed by atoms with Gasteiger partial charge in [0.25, 0.3) is 0 Å². The Morgan fingerprint density at radius 3 is 2.48 bits per heavy atom. The molecular formula is C17H23NO2S. The van der Waals surface area contributed by atoms with E-state index in [-0.39, 0.29) is 6.04 Å². The molecule has 0 saturated heterocycles. The van der Waals surface area contributed by atoms with Crippen LogP contribution in [0.2, 0.25) is 0 Å². The summed E-state index contributed by atoms with van der Waals surface area (Å²) in [5.41, 5.74) is 2.51. The van der Waals surface area contributed by atoms with Crippen LogP contribution >= 0.6 is 11.3 Å². The summed E-state index contributed by atoms with van der Waals surface area (Å²) in [7, 11) is 3.36. The van der Waals surface area contributed by atoms with Gasteiger partial charge in [0.15, 0.2) is 0 Å². The van der Waals surface area contributed by atoms with E-state index in [2.05, 4.69) is 38.2 Å². The summed E-state index contributed by atoms with van der Waals surface area (Å²) < 4.78 is 10.7. The first kappa shape index (κ1) is 15.9. The highest BCUT2D eigenvalue weighted by Crippen LogP contribution is 2.30. The fourth-order valence-electron chi connectivity index (χ4n) is 2.41. The molecule has 2 aromatic rings. The molecule has 0 aliphatic rings. The van der Waals surface area contributed by atoms with Gasteiger partial charge in [0, 0.05) is 34.0 Å². The van der Waals surface area contributed by atoms with Gasteiger partial charge in [0.05, 0.1) is 14.2 Å². The van der Waals surface area contributed by atoms with Crippen molar-refractivity contribution in [1.82, 2.24) is 5.32 Å². The number of rotatable bonds is 6. The second-order valence-corrected chi connectivity index (χ2v) is 6.61. The molecule has 2 rings (SSSR count). The minimum atomic E-state index is 0.213. The Morgan fingerprint density at radius 2 is 1.90 bits per heavy atom. The lowest BCUT2D eigenvalue weighted by molar-refractivity contribution is 0.386. The molecule has 0 radical (unpaired) electrons. The first-order valence-electron chi connectivity index (χ1n) is 7.06. The van der Waals surface area contributed by atoms with Gasteiger partial charge in [-0.15, -0.1) is 11.3 Å². The van der Waals surface area contributed by atoms with Crippen LogP contribution in [0.25, 0.3) is 0 Å². The van der Waals surface area contributed by atoms with Crippen molar-refractivity contribution >= 4 is 11.3 Å². The van der Waals surface area contributed by atoms with Gasteiger partial charge in [-0.1, -0.05) is 6.07 Å². The van der Waals surface area contributed by atoms with Gasteiger partial charge in [0.2, 0.25) is 0 Å². The molecule has 0 spiro atoms. The van der Waals surface area contributed by atoms with Gasteiger partial charge < -0.3 is 14.8 Å². The molecule has 1 unspecified atom stereocenters. The van der Waals surface area contributed by atoms with Crippen molar-refractivity contribution in [2.75, 3.05) is 14.2 Å². The number of ether oxygens (including phenoxy) is 2. The second-order valence-electron chi connectivity index (χ2n) is 5.15. The van der Waals surface area contributed by atoms with E-state index >= 15 is 0 Å². The predicted molar refractivity (Wildman–Crippen MR) is 88.6 cm³/mol. The molecule has 1 atom stereocenters. The predicted octanol–water partition coefficient (Wildman–Crippen LogP) is 4.23. The van der Waals surface area contributed by atoms with E-state index in [0.717, 1.165) is 23.6 Å². The molecule has 0 saturated carbocycles. The molecule has 4 heteroatoms. The van der Waals surface area contributed by atoms with Crippen molar-refractivity contribution in [1.29, 1.82) is 0 Å². The topological polar surface area (TPSA) is 30.5 Å². The molecular weight excluding hydrogens is 282 g/mol. The summed E-state index contributed by atoms with van der Waals surface area (Å²) in [4.78, 5) is 2.74. The quantitative estimate of drug-likeness (QED) is 0.866. The molecule has 0 fully saturated rings. The Labute approximate surface area is 130 Å². The standard InChI is InChI=1S/C17H23NO2S/c1-11-8-14(13(3)21-11)10-18-12(2)16-7-6-15(19-4)9-17(16)20-5/h6-9,12,18H,10H2,1-5H3. The molecule has 0 aliphatic heterocycles. The van der Waals surface area contributed by atoms with Crippen molar-refractivity contribution < 1.29 is 9.47 Å². The molecule has 21 heavy (non-hydrogen) atoms. The van der Waals surface area contributed by atoms with Gasteiger partial charge >= 0.3 is 0 Å². The Morgan fingerprint density at radius 1 is 1.14 bits per heavy atom. The Hall–Kier alpha value is -1.52. The maximum absolute atomic E-state index is 5.47. The lowest BCUT2D eigenvalue weighted by Gasteiger charge is -2.18. The number of thiophene rings is 1. The SMILES string of the molecule is COc1ccc(C(C)NCc2cc(C)sc2C)c(OC)c1. The summed E-state index contributed by atoms with van der Waals surface area (Å²) in [5.74, 6) is 1.67. The molecule has 1 N–H and O–H groups in total. The molecule has 0 amide bonds. The van der Waals surface area contributed by atoms with E-state index in [1.54, 1.807) is 14.2 Å². The average molecular weight is 305 g/mol. The average Bonchev–Trinajstić information content (AvgIpc) is 2.81. The number of hydrogen-bond acceptors (Lipinski definition) is 4. The monoisotopic (exact) mass is 305 g/mol. The van der Waals surface area contributed by atoms with E-state index in [9.17, 15) is 0 Å². The number of benzene rings is 1. The Kier molecular flexibility index (Phi) is 5.26. The number of aryl methyl sites for hydroxylation is 2. The highest BCUT2D eigenvalue weighted by Gasteiger charge is 2.13.